The molecule has 8 heteroatoms. The summed E-state index contributed by atoms with van der Waals surface area (Å²) >= 11 is 5.86. The first-order valence-electron chi connectivity index (χ1n) is 12.0. The van der Waals surface area contributed by atoms with Gasteiger partial charge in [-0.1, -0.05) is 48.0 Å². The summed E-state index contributed by atoms with van der Waals surface area (Å²) in [6.07, 6.45) is 1.34. The smallest absolute Gasteiger partial charge is 0.238 e. The van der Waals surface area contributed by atoms with Gasteiger partial charge in [0.15, 0.2) is 0 Å². The van der Waals surface area contributed by atoms with E-state index in [2.05, 4.69) is 23.5 Å². The second kappa shape index (κ2) is 11.1. The molecule has 1 aliphatic heterocycles. The van der Waals surface area contributed by atoms with Crippen molar-refractivity contribution in [3.05, 3.63) is 88.7 Å². The van der Waals surface area contributed by atoms with Crippen LogP contribution in [0.1, 0.15) is 30.9 Å². The molecule has 0 radical (unpaired) electrons. The largest absolute Gasteiger partial charge is 0.343 e. The Balaban J connectivity index is 1.58. The van der Waals surface area contributed by atoms with E-state index in [0.717, 1.165) is 16.7 Å². The minimum absolute atomic E-state index is 0.0370. The molecular weight excluding hydrogens is 491 g/mol. The van der Waals surface area contributed by atoms with E-state index in [1.165, 1.54) is 18.2 Å². The highest BCUT2D eigenvalue weighted by atomic mass is 35.5. The molecule has 0 aromatic heterocycles. The number of carbonyl (C=O) groups excluding carboxylic acids is 2. The Hall–Kier alpha value is -3.73. The predicted octanol–water partition coefficient (Wildman–Crippen LogP) is 5.43. The second-order valence-electron chi connectivity index (χ2n) is 9.34. The number of likely N-dealkylation sites (N-methyl/N-ethyl adjacent to an activating group) is 1. The highest BCUT2D eigenvalue weighted by Gasteiger charge is 2.41. The summed E-state index contributed by atoms with van der Waals surface area (Å²) in [6.45, 7) is 2.84. The number of hydrogen-bond acceptors (Lipinski definition) is 4. The van der Waals surface area contributed by atoms with Gasteiger partial charge in [0.25, 0.3) is 0 Å². The zero-order valence-corrected chi connectivity index (χ0v) is 21.6. The number of halogens is 2. The average molecular weight is 519 g/mol. The van der Waals surface area contributed by atoms with Crippen molar-refractivity contribution in [2.24, 2.45) is 0 Å². The van der Waals surface area contributed by atoms with Crippen LogP contribution in [-0.4, -0.2) is 48.3 Å². The van der Waals surface area contributed by atoms with Gasteiger partial charge in [-0.15, -0.1) is 0 Å². The summed E-state index contributed by atoms with van der Waals surface area (Å²) in [7, 11) is 1.91. The van der Waals surface area contributed by atoms with Gasteiger partial charge in [0.1, 0.15) is 5.82 Å². The van der Waals surface area contributed by atoms with Crippen LogP contribution in [0.25, 0.3) is 11.1 Å². The maximum Gasteiger partial charge on any atom is 0.238 e. The van der Waals surface area contributed by atoms with Crippen molar-refractivity contribution in [3.63, 3.8) is 0 Å². The van der Waals surface area contributed by atoms with Crippen LogP contribution in [0, 0.1) is 17.1 Å². The van der Waals surface area contributed by atoms with Gasteiger partial charge in [-0.3, -0.25) is 14.5 Å². The fraction of sp³-hybridized carbons (Fsp3) is 0.276. The van der Waals surface area contributed by atoms with Crippen LogP contribution in [0.5, 0.6) is 0 Å². The quantitative estimate of drug-likeness (QED) is 0.472. The van der Waals surface area contributed by atoms with E-state index in [1.807, 2.05) is 47.2 Å². The van der Waals surface area contributed by atoms with E-state index in [1.54, 1.807) is 13.0 Å². The summed E-state index contributed by atoms with van der Waals surface area (Å²) in [5.74, 6) is -0.755. The van der Waals surface area contributed by atoms with Crippen LogP contribution in [0.4, 0.5) is 10.1 Å². The van der Waals surface area contributed by atoms with Crippen LogP contribution in [-0.2, 0) is 15.1 Å². The van der Waals surface area contributed by atoms with Gasteiger partial charge in [-0.25, -0.2) is 4.39 Å². The molecule has 37 heavy (non-hydrogen) atoms. The number of piperidine rings is 1. The molecule has 0 saturated carbocycles. The van der Waals surface area contributed by atoms with Crippen molar-refractivity contribution in [3.8, 4) is 17.2 Å². The zero-order chi connectivity index (χ0) is 26.6. The maximum atomic E-state index is 13.5. The number of benzene rings is 3. The van der Waals surface area contributed by atoms with Gasteiger partial charge in [0, 0.05) is 31.2 Å². The number of nitriles is 1. The maximum absolute atomic E-state index is 13.5. The Bertz CT molecular complexity index is 1340. The molecule has 3 aromatic rings. The monoisotopic (exact) mass is 518 g/mol. The Kier molecular flexibility index (Phi) is 7.91. The molecule has 1 N–H and O–H groups in total. The number of likely N-dealkylation sites (tertiary alicyclic amines) is 1. The molecule has 1 saturated heterocycles. The number of nitrogens with zero attached hydrogens (tertiary/aromatic N) is 3. The third-order valence-electron chi connectivity index (χ3n) is 7.10. The van der Waals surface area contributed by atoms with Crippen molar-refractivity contribution >= 4 is 29.1 Å². The molecule has 3 aromatic carbocycles. The molecule has 0 bridgehead atoms. The van der Waals surface area contributed by atoms with Gasteiger partial charge < -0.3 is 10.2 Å². The van der Waals surface area contributed by atoms with E-state index in [9.17, 15) is 19.2 Å². The first-order chi connectivity index (χ1) is 17.7. The minimum atomic E-state index is -0.546. The van der Waals surface area contributed by atoms with Crippen LogP contribution in [0.2, 0.25) is 5.02 Å². The average Bonchev–Trinajstić information content (AvgIpc) is 2.90. The first-order valence-corrected chi connectivity index (χ1v) is 12.4. The molecule has 6 nitrogen and oxygen atoms in total. The van der Waals surface area contributed by atoms with Crippen LogP contribution in [0.3, 0.4) is 0 Å². The number of hydrogen-bond donors (Lipinski definition) is 1. The molecule has 4 rings (SSSR count). The highest BCUT2D eigenvalue weighted by Crippen LogP contribution is 2.39. The van der Waals surface area contributed by atoms with E-state index in [-0.39, 0.29) is 23.4 Å². The predicted molar refractivity (Wildman–Crippen MR) is 142 cm³/mol. The normalized spacial score (nSPS) is 14.8. The van der Waals surface area contributed by atoms with Crippen molar-refractivity contribution < 1.29 is 14.0 Å². The van der Waals surface area contributed by atoms with Crippen molar-refractivity contribution in [1.29, 1.82) is 5.26 Å². The number of amides is 2. The van der Waals surface area contributed by atoms with Crippen LogP contribution >= 0.6 is 11.6 Å². The van der Waals surface area contributed by atoms with Gasteiger partial charge in [-0.05, 0) is 66.9 Å². The molecule has 1 fully saturated rings. The molecule has 2 amide bonds. The van der Waals surface area contributed by atoms with Crippen molar-refractivity contribution in [2.45, 2.75) is 25.3 Å². The summed E-state index contributed by atoms with van der Waals surface area (Å²) in [5.41, 5.74) is 3.56. The molecular formula is C29H28ClFN4O2. The van der Waals surface area contributed by atoms with Gasteiger partial charge in [0.05, 0.1) is 23.2 Å². The van der Waals surface area contributed by atoms with E-state index in [0.29, 0.717) is 37.2 Å². The number of nitrogens with one attached hydrogen (secondary N) is 1. The second-order valence-corrected chi connectivity index (χ2v) is 9.75. The number of carbonyl (C=O) groups is 2. The fourth-order valence-corrected chi connectivity index (χ4v) is 5.15. The third kappa shape index (κ3) is 5.82. The lowest BCUT2D eigenvalue weighted by molar-refractivity contribution is -0.132. The summed E-state index contributed by atoms with van der Waals surface area (Å²) < 4.78 is 13.5. The topological polar surface area (TPSA) is 76.4 Å². The lowest BCUT2D eigenvalue weighted by atomic mass is 9.79. The third-order valence-corrected chi connectivity index (χ3v) is 7.39. The van der Waals surface area contributed by atoms with Crippen LogP contribution < -0.4 is 5.32 Å². The molecule has 0 aliphatic carbocycles. The van der Waals surface area contributed by atoms with Gasteiger partial charge in [0.2, 0.25) is 11.8 Å². The molecule has 1 heterocycles. The van der Waals surface area contributed by atoms with E-state index < -0.39 is 11.4 Å². The van der Waals surface area contributed by atoms with Crippen molar-refractivity contribution in [1.82, 2.24) is 9.80 Å². The van der Waals surface area contributed by atoms with Crippen molar-refractivity contribution in [2.75, 3.05) is 32.0 Å². The Morgan fingerprint density at radius 1 is 1.08 bits per heavy atom. The molecule has 0 atom stereocenters. The lowest BCUT2D eigenvalue weighted by Gasteiger charge is -2.47. The number of anilines is 1. The first kappa shape index (κ1) is 26.3. The van der Waals surface area contributed by atoms with E-state index >= 15 is 0 Å². The minimum Gasteiger partial charge on any atom is -0.343 e. The fourth-order valence-electron chi connectivity index (χ4n) is 4.96. The van der Waals surface area contributed by atoms with Gasteiger partial charge in [-0.2, -0.15) is 5.26 Å². The molecule has 1 aliphatic rings. The van der Waals surface area contributed by atoms with Gasteiger partial charge >= 0.3 is 0 Å². The van der Waals surface area contributed by atoms with Crippen LogP contribution in [0.15, 0.2) is 66.7 Å². The zero-order valence-electron chi connectivity index (χ0n) is 20.8. The summed E-state index contributed by atoms with van der Waals surface area (Å²) in [4.78, 5) is 28.8. The Morgan fingerprint density at radius 2 is 1.78 bits per heavy atom. The molecule has 0 unspecified atom stereocenters. The summed E-state index contributed by atoms with van der Waals surface area (Å²) in [6, 6.07) is 21.9. The molecule has 0 spiro atoms. The Labute approximate surface area is 221 Å². The molecule has 190 valence electrons. The number of rotatable bonds is 6. The standard InChI is InChI=1S/C29H28ClFN4O2/c1-20(36)35-14-12-29(13-15-35,34(2)19-28(37)33-25-10-11-27(31)26(30)17-25)24-8-6-22(7-9-24)23-5-3-4-21(16-23)18-32/h3-11,16-17H,12-15,19H2,1-2H3,(H,33,37). The lowest BCUT2D eigenvalue weighted by Crippen LogP contribution is -2.54. The highest BCUT2D eigenvalue weighted by molar-refractivity contribution is 6.31. The SMILES string of the molecule is CC(=O)N1CCC(c2ccc(-c3cccc(C#N)c3)cc2)(N(C)CC(=O)Nc2ccc(F)c(Cl)c2)CC1. The summed E-state index contributed by atoms with van der Waals surface area (Å²) in [5, 5.41) is 12.0. The van der Waals surface area contributed by atoms with E-state index in [4.69, 9.17) is 11.6 Å². The Morgan fingerprint density at radius 3 is 2.41 bits per heavy atom.